The summed E-state index contributed by atoms with van der Waals surface area (Å²) in [6.45, 7) is 1.73. The number of anilines is 2. The van der Waals surface area contributed by atoms with Gasteiger partial charge in [0, 0.05) is 23.2 Å². The first-order chi connectivity index (χ1) is 15.2. The number of carbonyl (C=O) groups excluding carboxylic acids is 1. The average molecular weight is 465 g/mol. The highest BCUT2D eigenvalue weighted by Crippen LogP contribution is 2.43. The second-order valence-corrected chi connectivity index (χ2v) is 7.90. The Morgan fingerprint density at radius 1 is 1.25 bits per heavy atom. The Morgan fingerprint density at radius 2 is 1.97 bits per heavy atom. The first-order valence-corrected chi connectivity index (χ1v) is 10.2. The third-order valence-corrected chi connectivity index (χ3v) is 5.87. The van der Waals surface area contributed by atoms with Crippen molar-refractivity contribution in [3.8, 4) is 5.75 Å². The third kappa shape index (κ3) is 4.25. The van der Waals surface area contributed by atoms with E-state index in [2.05, 4.69) is 15.7 Å². The van der Waals surface area contributed by atoms with Gasteiger partial charge < -0.3 is 15.4 Å². The van der Waals surface area contributed by atoms with Crippen molar-refractivity contribution in [2.75, 3.05) is 17.7 Å². The number of ether oxygens (including phenoxy) is 1. The monoisotopic (exact) mass is 464 g/mol. The standard InChI is InChI=1S/C22H20ClF3N4O2/c1-12-15(23)4-3-5-16(12)28-21(31)18-11-20-27-17(13-6-8-14(32-2)9-7-13)10-19(22(24,25)26)30(20)29-18/h3-9,11,17,19,27H,10H2,1-2H3,(H,28,31)/t17-,19-/m0/s1. The van der Waals surface area contributed by atoms with E-state index in [9.17, 15) is 18.0 Å². The smallest absolute Gasteiger partial charge is 0.410 e. The molecule has 10 heteroatoms. The molecule has 32 heavy (non-hydrogen) atoms. The van der Waals surface area contributed by atoms with Gasteiger partial charge in [-0.2, -0.15) is 18.3 Å². The lowest BCUT2D eigenvalue weighted by molar-refractivity contribution is -0.173. The van der Waals surface area contributed by atoms with E-state index < -0.39 is 24.2 Å². The lowest BCUT2D eigenvalue weighted by Gasteiger charge is -2.33. The van der Waals surface area contributed by atoms with Gasteiger partial charge in [0.25, 0.3) is 5.91 Å². The van der Waals surface area contributed by atoms with Crippen LogP contribution in [0.15, 0.2) is 48.5 Å². The van der Waals surface area contributed by atoms with E-state index in [1.807, 2.05) is 0 Å². The van der Waals surface area contributed by atoms with Gasteiger partial charge in [0.15, 0.2) is 11.7 Å². The average Bonchev–Trinajstić information content (AvgIpc) is 3.20. The molecule has 0 radical (unpaired) electrons. The highest BCUT2D eigenvalue weighted by Gasteiger charge is 2.46. The van der Waals surface area contributed by atoms with Gasteiger partial charge >= 0.3 is 6.18 Å². The number of aromatic nitrogens is 2. The van der Waals surface area contributed by atoms with Crippen LogP contribution in [0, 0.1) is 6.92 Å². The SMILES string of the molecule is COc1ccc([C@@H]2C[C@@H](C(F)(F)F)n3nc(C(=O)Nc4cccc(Cl)c4C)cc3N2)cc1. The Labute approximate surface area is 187 Å². The topological polar surface area (TPSA) is 68.2 Å². The molecule has 0 saturated carbocycles. The van der Waals surface area contributed by atoms with Crippen molar-refractivity contribution < 1.29 is 22.7 Å². The molecule has 2 atom stereocenters. The number of halogens is 4. The minimum Gasteiger partial charge on any atom is -0.497 e. The first kappa shape index (κ1) is 22.0. The largest absolute Gasteiger partial charge is 0.497 e. The second-order valence-electron chi connectivity index (χ2n) is 7.49. The summed E-state index contributed by atoms with van der Waals surface area (Å²) in [6, 6.07) is 10.7. The molecule has 2 heterocycles. The van der Waals surface area contributed by atoms with Crippen molar-refractivity contribution in [3.63, 3.8) is 0 Å². The van der Waals surface area contributed by atoms with Crippen LogP contribution >= 0.6 is 11.6 Å². The van der Waals surface area contributed by atoms with Gasteiger partial charge in [-0.25, -0.2) is 4.68 Å². The molecule has 6 nitrogen and oxygen atoms in total. The number of nitrogens with zero attached hydrogens (tertiary/aromatic N) is 2. The summed E-state index contributed by atoms with van der Waals surface area (Å²) in [7, 11) is 1.52. The predicted molar refractivity (Wildman–Crippen MR) is 115 cm³/mol. The molecule has 0 spiro atoms. The number of amides is 1. The van der Waals surface area contributed by atoms with E-state index in [4.69, 9.17) is 16.3 Å². The van der Waals surface area contributed by atoms with Crippen LogP contribution in [0.1, 0.15) is 40.1 Å². The number of hydrogen-bond acceptors (Lipinski definition) is 4. The minimum absolute atomic E-state index is 0.118. The van der Waals surface area contributed by atoms with Gasteiger partial charge in [-0.3, -0.25) is 4.79 Å². The van der Waals surface area contributed by atoms with Crippen LogP contribution in [-0.4, -0.2) is 29.0 Å². The van der Waals surface area contributed by atoms with Gasteiger partial charge in [0.1, 0.15) is 11.6 Å². The molecule has 1 aliphatic heterocycles. The van der Waals surface area contributed by atoms with Crippen LogP contribution < -0.4 is 15.4 Å². The van der Waals surface area contributed by atoms with Crippen LogP contribution in [0.25, 0.3) is 0 Å². The Bertz CT molecular complexity index is 1150. The van der Waals surface area contributed by atoms with E-state index in [0.29, 0.717) is 27.6 Å². The van der Waals surface area contributed by atoms with Crippen LogP contribution in [0.3, 0.4) is 0 Å². The Kier molecular flexibility index (Phi) is 5.77. The van der Waals surface area contributed by atoms with Crippen molar-refractivity contribution in [2.24, 2.45) is 0 Å². The summed E-state index contributed by atoms with van der Waals surface area (Å²) < 4.78 is 47.5. The lowest BCUT2D eigenvalue weighted by atomic mass is 9.97. The van der Waals surface area contributed by atoms with Gasteiger partial charge in [-0.05, 0) is 42.3 Å². The lowest BCUT2D eigenvalue weighted by Crippen LogP contribution is -2.35. The van der Waals surface area contributed by atoms with Crippen molar-refractivity contribution in [1.82, 2.24) is 9.78 Å². The van der Waals surface area contributed by atoms with Crippen LogP contribution in [0.5, 0.6) is 5.75 Å². The molecular formula is C22H20ClF3N4O2. The fourth-order valence-corrected chi connectivity index (χ4v) is 3.84. The summed E-state index contributed by atoms with van der Waals surface area (Å²) in [5, 5.41) is 10.2. The number of benzene rings is 2. The fourth-order valence-electron chi connectivity index (χ4n) is 3.67. The molecule has 0 aliphatic carbocycles. The molecule has 0 bridgehead atoms. The number of rotatable bonds is 4. The Balaban J connectivity index is 1.64. The van der Waals surface area contributed by atoms with Gasteiger partial charge in [0.05, 0.1) is 13.2 Å². The zero-order chi connectivity index (χ0) is 23.0. The van der Waals surface area contributed by atoms with E-state index in [-0.39, 0.29) is 17.9 Å². The number of methoxy groups -OCH3 is 1. The third-order valence-electron chi connectivity index (χ3n) is 5.46. The van der Waals surface area contributed by atoms with Gasteiger partial charge in [0.2, 0.25) is 0 Å². The first-order valence-electron chi connectivity index (χ1n) is 9.80. The van der Waals surface area contributed by atoms with E-state index >= 15 is 0 Å². The molecule has 4 rings (SSSR count). The van der Waals surface area contributed by atoms with Crippen LogP contribution in [-0.2, 0) is 0 Å². The Morgan fingerprint density at radius 3 is 2.62 bits per heavy atom. The number of fused-ring (bicyclic) bond motifs is 1. The quantitative estimate of drug-likeness (QED) is 0.514. The fraction of sp³-hybridized carbons (Fsp3) is 0.273. The molecule has 3 aromatic rings. The molecule has 2 N–H and O–H groups in total. The molecule has 0 saturated heterocycles. The highest BCUT2D eigenvalue weighted by atomic mass is 35.5. The Hall–Kier alpha value is -3.20. The van der Waals surface area contributed by atoms with E-state index in [1.54, 1.807) is 49.4 Å². The maximum Gasteiger partial charge on any atom is 0.410 e. The number of nitrogens with one attached hydrogen (secondary N) is 2. The number of alkyl halides is 3. The normalized spacial score (nSPS) is 17.9. The molecule has 1 aliphatic rings. The van der Waals surface area contributed by atoms with Crippen molar-refractivity contribution >= 4 is 29.0 Å². The summed E-state index contributed by atoms with van der Waals surface area (Å²) in [6.07, 6.45) is -4.80. The minimum atomic E-state index is -4.54. The maximum atomic E-state index is 13.9. The van der Waals surface area contributed by atoms with Gasteiger partial charge in [-0.1, -0.05) is 29.8 Å². The molecular weight excluding hydrogens is 445 g/mol. The maximum absolute atomic E-state index is 13.9. The molecule has 168 valence electrons. The van der Waals surface area contributed by atoms with Gasteiger partial charge in [-0.15, -0.1) is 0 Å². The highest BCUT2D eigenvalue weighted by molar-refractivity contribution is 6.31. The van der Waals surface area contributed by atoms with Crippen molar-refractivity contribution in [3.05, 3.63) is 70.4 Å². The van der Waals surface area contributed by atoms with Crippen LogP contribution in [0.2, 0.25) is 5.02 Å². The number of carbonyl (C=O) groups is 1. The zero-order valence-electron chi connectivity index (χ0n) is 17.2. The van der Waals surface area contributed by atoms with E-state index in [0.717, 1.165) is 4.68 Å². The second kappa shape index (κ2) is 8.38. The summed E-state index contributed by atoms with van der Waals surface area (Å²) in [5.41, 5.74) is 1.66. The predicted octanol–water partition coefficient (Wildman–Crippen LogP) is 5.77. The summed E-state index contributed by atoms with van der Waals surface area (Å²) in [4.78, 5) is 12.7. The molecule has 1 amide bonds. The molecule has 0 fully saturated rings. The summed E-state index contributed by atoms with van der Waals surface area (Å²) in [5.74, 6) is 0.102. The zero-order valence-corrected chi connectivity index (χ0v) is 18.0. The summed E-state index contributed by atoms with van der Waals surface area (Å²) >= 11 is 6.07. The van der Waals surface area contributed by atoms with Crippen molar-refractivity contribution in [2.45, 2.75) is 31.6 Å². The number of hydrogen-bond donors (Lipinski definition) is 2. The van der Waals surface area contributed by atoms with E-state index in [1.165, 1.54) is 13.2 Å². The van der Waals surface area contributed by atoms with Crippen LogP contribution in [0.4, 0.5) is 24.7 Å². The van der Waals surface area contributed by atoms with Crippen molar-refractivity contribution in [1.29, 1.82) is 0 Å². The molecule has 0 unspecified atom stereocenters. The molecule has 1 aromatic heterocycles. The molecule has 2 aromatic carbocycles.